The van der Waals surface area contributed by atoms with Crippen molar-refractivity contribution in [1.29, 1.82) is 0 Å². The van der Waals surface area contributed by atoms with E-state index in [2.05, 4.69) is 10.5 Å². The van der Waals surface area contributed by atoms with Crippen molar-refractivity contribution < 1.29 is 4.84 Å². The van der Waals surface area contributed by atoms with Crippen LogP contribution in [0.2, 0.25) is 0 Å². The highest BCUT2D eigenvalue weighted by Gasteiger charge is 2.02. The topological polar surface area (TPSA) is 34.1 Å². The van der Waals surface area contributed by atoms with Crippen LogP contribution in [0.5, 0.6) is 0 Å². The molecule has 0 amide bonds. The summed E-state index contributed by atoms with van der Waals surface area (Å²) in [6.45, 7) is 4.76. The maximum atomic E-state index is 4.74. The molecular weight excluding hydrogens is 160 g/mol. The van der Waals surface area contributed by atoms with Gasteiger partial charge < -0.3 is 4.84 Å². The van der Waals surface area contributed by atoms with Gasteiger partial charge in [-0.2, -0.15) is 5.48 Å². The van der Waals surface area contributed by atoms with Crippen LogP contribution in [-0.2, 0) is 11.4 Å². The molecule has 11 heavy (non-hydrogen) atoms. The third-order valence-corrected chi connectivity index (χ3v) is 2.45. The van der Waals surface area contributed by atoms with E-state index in [1.807, 2.05) is 13.8 Å². The third kappa shape index (κ3) is 2.25. The van der Waals surface area contributed by atoms with Crippen molar-refractivity contribution in [3.05, 3.63) is 15.6 Å². The fraction of sp³-hybridized carbons (Fsp3) is 0.571. The zero-order chi connectivity index (χ0) is 8.27. The average Bonchev–Trinajstić information content (AvgIpc) is 2.26. The van der Waals surface area contributed by atoms with Gasteiger partial charge in [0.2, 0.25) is 0 Å². The minimum atomic E-state index is 0.744. The molecule has 0 aromatic carbocycles. The predicted molar refractivity (Wildman–Crippen MR) is 45.4 cm³/mol. The second kappa shape index (κ2) is 3.80. The van der Waals surface area contributed by atoms with Crippen molar-refractivity contribution in [2.24, 2.45) is 0 Å². The summed E-state index contributed by atoms with van der Waals surface area (Å²) in [6.07, 6.45) is 0. The zero-order valence-electron chi connectivity index (χ0n) is 6.97. The first kappa shape index (κ1) is 8.64. The van der Waals surface area contributed by atoms with Crippen molar-refractivity contribution >= 4 is 11.3 Å². The first-order valence-corrected chi connectivity index (χ1v) is 4.24. The Hall–Kier alpha value is -0.450. The van der Waals surface area contributed by atoms with E-state index in [0.29, 0.717) is 0 Å². The molecule has 3 nitrogen and oxygen atoms in total. The molecule has 0 aliphatic rings. The van der Waals surface area contributed by atoms with Gasteiger partial charge in [0, 0.05) is 4.88 Å². The minimum Gasteiger partial charge on any atom is -0.305 e. The molecule has 0 spiro atoms. The maximum Gasteiger partial charge on any atom is 0.0900 e. The Balaban J connectivity index is 2.62. The Morgan fingerprint density at radius 1 is 1.55 bits per heavy atom. The van der Waals surface area contributed by atoms with Crippen molar-refractivity contribution in [2.45, 2.75) is 20.4 Å². The van der Waals surface area contributed by atoms with Gasteiger partial charge >= 0.3 is 0 Å². The lowest BCUT2D eigenvalue weighted by atomic mass is 10.4. The Morgan fingerprint density at radius 3 is 2.73 bits per heavy atom. The van der Waals surface area contributed by atoms with Crippen LogP contribution in [0.25, 0.3) is 0 Å². The molecule has 0 radical (unpaired) electrons. The molecule has 1 rings (SSSR count). The van der Waals surface area contributed by atoms with E-state index in [4.69, 9.17) is 4.84 Å². The molecule has 0 unspecified atom stereocenters. The molecule has 1 heterocycles. The van der Waals surface area contributed by atoms with Crippen molar-refractivity contribution in [3.63, 3.8) is 0 Å². The standard InChI is InChI=1S/C7H12N2OS/c1-5-7(4-8-10-3)11-6(2)9-5/h8H,4H2,1-3H3. The van der Waals surface area contributed by atoms with Crippen LogP contribution in [0.3, 0.4) is 0 Å². The summed E-state index contributed by atoms with van der Waals surface area (Å²) in [5, 5.41) is 1.11. The molecule has 1 aromatic heterocycles. The second-order valence-corrected chi connectivity index (χ2v) is 3.55. The quantitative estimate of drug-likeness (QED) is 0.700. The number of thiazole rings is 1. The number of hydroxylamine groups is 1. The predicted octanol–water partition coefficient (Wildman–Crippen LogP) is 1.41. The lowest BCUT2D eigenvalue weighted by molar-refractivity contribution is 0.0872. The highest BCUT2D eigenvalue weighted by Crippen LogP contribution is 2.16. The summed E-state index contributed by atoms with van der Waals surface area (Å²) < 4.78 is 0. The molecule has 0 atom stereocenters. The van der Waals surface area contributed by atoms with Gasteiger partial charge in [-0.05, 0) is 13.8 Å². The fourth-order valence-corrected chi connectivity index (χ4v) is 1.74. The van der Waals surface area contributed by atoms with E-state index < -0.39 is 0 Å². The second-order valence-electron chi connectivity index (χ2n) is 2.27. The number of aromatic nitrogens is 1. The van der Waals surface area contributed by atoms with Crippen LogP contribution in [-0.4, -0.2) is 12.1 Å². The molecule has 0 saturated carbocycles. The van der Waals surface area contributed by atoms with Gasteiger partial charge in [-0.1, -0.05) is 0 Å². The van der Waals surface area contributed by atoms with Crippen molar-refractivity contribution in [3.8, 4) is 0 Å². The zero-order valence-corrected chi connectivity index (χ0v) is 7.79. The molecule has 0 bridgehead atoms. The van der Waals surface area contributed by atoms with E-state index in [0.717, 1.165) is 17.2 Å². The van der Waals surface area contributed by atoms with Crippen LogP contribution in [0.15, 0.2) is 0 Å². The summed E-state index contributed by atoms with van der Waals surface area (Å²) in [4.78, 5) is 10.3. The number of nitrogens with one attached hydrogen (secondary N) is 1. The van der Waals surface area contributed by atoms with E-state index in [9.17, 15) is 0 Å². The lowest BCUT2D eigenvalue weighted by Crippen LogP contribution is -2.10. The molecule has 1 N–H and O–H groups in total. The summed E-state index contributed by atoms with van der Waals surface area (Å²) in [7, 11) is 1.61. The summed E-state index contributed by atoms with van der Waals surface area (Å²) in [6, 6.07) is 0. The highest BCUT2D eigenvalue weighted by molar-refractivity contribution is 7.11. The molecule has 0 saturated heterocycles. The van der Waals surface area contributed by atoms with Crippen molar-refractivity contribution in [1.82, 2.24) is 10.5 Å². The van der Waals surface area contributed by atoms with Crippen LogP contribution in [0, 0.1) is 13.8 Å². The number of rotatable bonds is 3. The largest absolute Gasteiger partial charge is 0.305 e. The molecule has 62 valence electrons. The van der Waals surface area contributed by atoms with E-state index in [1.54, 1.807) is 18.4 Å². The van der Waals surface area contributed by atoms with E-state index in [1.165, 1.54) is 4.88 Å². The number of hydrogen-bond acceptors (Lipinski definition) is 4. The van der Waals surface area contributed by atoms with Crippen LogP contribution in [0.4, 0.5) is 0 Å². The Kier molecular flexibility index (Phi) is 2.99. The highest BCUT2D eigenvalue weighted by atomic mass is 32.1. The summed E-state index contributed by atoms with van der Waals surface area (Å²) in [5.74, 6) is 0. The maximum absolute atomic E-state index is 4.74. The minimum absolute atomic E-state index is 0.744. The normalized spacial score (nSPS) is 10.5. The van der Waals surface area contributed by atoms with Gasteiger partial charge in [0.1, 0.15) is 0 Å². The number of nitrogens with zero attached hydrogens (tertiary/aromatic N) is 1. The smallest absolute Gasteiger partial charge is 0.0900 e. The first-order chi connectivity index (χ1) is 5.24. The van der Waals surface area contributed by atoms with E-state index >= 15 is 0 Å². The monoisotopic (exact) mass is 172 g/mol. The SMILES string of the molecule is CONCc1sc(C)nc1C. The molecule has 0 fully saturated rings. The molecule has 0 aliphatic heterocycles. The van der Waals surface area contributed by atoms with Gasteiger partial charge in [0.05, 0.1) is 24.4 Å². The van der Waals surface area contributed by atoms with Crippen LogP contribution >= 0.6 is 11.3 Å². The van der Waals surface area contributed by atoms with Gasteiger partial charge in [-0.15, -0.1) is 11.3 Å². The molecular formula is C7H12N2OS. The third-order valence-electron chi connectivity index (χ3n) is 1.38. The summed E-state index contributed by atoms with van der Waals surface area (Å²) >= 11 is 1.70. The number of aryl methyl sites for hydroxylation is 2. The van der Waals surface area contributed by atoms with Crippen LogP contribution in [0.1, 0.15) is 15.6 Å². The molecule has 4 heteroatoms. The van der Waals surface area contributed by atoms with Gasteiger partial charge in [0.15, 0.2) is 0 Å². The van der Waals surface area contributed by atoms with Crippen LogP contribution < -0.4 is 5.48 Å². The number of hydrogen-bond donors (Lipinski definition) is 1. The van der Waals surface area contributed by atoms with Gasteiger partial charge in [0.25, 0.3) is 0 Å². The van der Waals surface area contributed by atoms with Gasteiger partial charge in [-0.25, -0.2) is 4.98 Å². The summed E-state index contributed by atoms with van der Waals surface area (Å²) in [5.41, 5.74) is 3.88. The lowest BCUT2D eigenvalue weighted by Gasteiger charge is -1.97. The Labute approximate surface area is 70.4 Å². The molecule has 0 aliphatic carbocycles. The average molecular weight is 172 g/mol. The fourth-order valence-electron chi connectivity index (χ4n) is 0.875. The Bertz CT molecular complexity index is 234. The van der Waals surface area contributed by atoms with Crippen molar-refractivity contribution in [2.75, 3.05) is 7.11 Å². The van der Waals surface area contributed by atoms with Gasteiger partial charge in [-0.3, -0.25) is 0 Å². The molecule has 1 aromatic rings. The van der Waals surface area contributed by atoms with E-state index in [-0.39, 0.29) is 0 Å². The first-order valence-electron chi connectivity index (χ1n) is 3.42. The Morgan fingerprint density at radius 2 is 2.27 bits per heavy atom.